The third-order valence-corrected chi connectivity index (χ3v) is 4.38. The molecule has 156 valence electrons. The summed E-state index contributed by atoms with van der Waals surface area (Å²) in [6, 6.07) is 12.4. The number of nitrogens with two attached hydrogens (primary N) is 1. The summed E-state index contributed by atoms with van der Waals surface area (Å²) in [5, 5.41) is 0. The number of hydrogen-bond acceptors (Lipinski definition) is 7. The number of fused-ring (bicyclic) bond motifs is 1. The zero-order valence-electron chi connectivity index (χ0n) is 16.7. The number of nitrogens with zero attached hydrogens (tertiary/aromatic N) is 1. The molecule has 1 amide bonds. The van der Waals surface area contributed by atoms with Crippen LogP contribution in [0.5, 0.6) is 17.2 Å². The van der Waals surface area contributed by atoms with Crippen LogP contribution in [0.25, 0.3) is 0 Å². The van der Waals surface area contributed by atoms with Gasteiger partial charge in [0, 0.05) is 25.1 Å². The average Bonchev–Trinajstić information content (AvgIpc) is 2.70. The molecule has 1 aliphatic heterocycles. The van der Waals surface area contributed by atoms with Gasteiger partial charge in [0.25, 0.3) is 5.91 Å². The van der Waals surface area contributed by atoms with E-state index in [0.717, 1.165) is 24.3 Å². The fourth-order valence-corrected chi connectivity index (χ4v) is 2.92. The number of amides is 1. The fraction of sp³-hybridized carbons (Fsp3) is 0.227. The van der Waals surface area contributed by atoms with Crippen molar-refractivity contribution < 1.29 is 28.6 Å². The number of esters is 2. The van der Waals surface area contributed by atoms with E-state index < -0.39 is 17.8 Å². The van der Waals surface area contributed by atoms with Crippen molar-refractivity contribution in [3.05, 3.63) is 65.7 Å². The Morgan fingerprint density at radius 3 is 2.23 bits per heavy atom. The van der Waals surface area contributed by atoms with E-state index in [1.807, 2.05) is 49.3 Å². The van der Waals surface area contributed by atoms with E-state index in [2.05, 4.69) is 0 Å². The Morgan fingerprint density at radius 1 is 1.00 bits per heavy atom. The maximum atomic E-state index is 12.1. The molecule has 0 radical (unpaired) electrons. The lowest BCUT2D eigenvalue weighted by molar-refractivity contribution is -0.133. The Labute approximate surface area is 173 Å². The summed E-state index contributed by atoms with van der Waals surface area (Å²) in [6.45, 7) is 0.735. The van der Waals surface area contributed by atoms with Crippen molar-refractivity contribution in [1.82, 2.24) is 4.90 Å². The zero-order chi connectivity index (χ0) is 21.7. The highest BCUT2D eigenvalue weighted by Gasteiger charge is 2.27. The van der Waals surface area contributed by atoms with Crippen molar-refractivity contribution >= 4 is 17.8 Å². The standard InChI is InChI=1S/C22H22N2O6/c1-24(2)13-12-16(14-6-4-3-5-7-14)28-17-9-8-15(22(23)27)20-21(17)30-19(26)11-10-18(25)29-20/h3-11,16H,12-13H2,1-2H3,(H2,23,27)/b11-10-. The number of hydrogen-bond donors (Lipinski definition) is 1. The highest BCUT2D eigenvalue weighted by molar-refractivity contribution is 6.01. The molecule has 2 aromatic rings. The average molecular weight is 410 g/mol. The number of ether oxygens (including phenoxy) is 3. The predicted molar refractivity (Wildman–Crippen MR) is 108 cm³/mol. The van der Waals surface area contributed by atoms with Gasteiger partial charge >= 0.3 is 11.9 Å². The van der Waals surface area contributed by atoms with Crippen molar-refractivity contribution in [2.45, 2.75) is 12.5 Å². The van der Waals surface area contributed by atoms with E-state index in [-0.39, 0.29) is 28.9 Å². The third-order valence-electron chi connectivity index (χ3n) is 4.38. The Balaban J connectivity index is 2.05. The first-order chi connectivity index (χ1) is 14.3. The first-order valence-electron chi connectivity index (χ1n) is 9.30. The summed E-state index contributed by atoms with van der Waals surface area (Å²) < 4.78 is 16.7. The molecule has 8 nitrogen and oxygen atoms in total. The molecular weight excluding hydrogens is 388 g/mol. The van der Waals surface area contributed by atoms with E-state index in [1.165, 1.54) is 12.1 Å². The molecular formula is C22H22N2O6. The number of carbonyl (C=O) groups excluding carboxylic acids is 3. The lowest BCUT2D eigenvalue weighted by atomic mass is 10.1. The molecule has 1 heterocycles. The molecule has 1 unspecified atom stereocenters. The predicted octanol–water partition coefficient (Wildman–Crippen LogP) is 2.24. The first-order valence-corrected chi connectivity index (χ1v) is 9.30. The van der Waals surface area contributed by atoms with Gasteiger partial charge in [-0.25, -0.2) is 9.59 Å². The summed E-state index contributed by atoms with van der Waals surface area (Å²) in [6.07, 6.45) is 2.10. The molecule has 3 rings (SSSR count). The second kappa shape index (κ2) is 9.23. The monoisotopic (exact) mass is 410 g/mol. The molecule has 1 atom stereocenters. The largest absolute Gasteiger partial charge is 0.482 e. The minimum Gasteiger partial charge on any atom is -0.482 e. The summed E-state index contributed by atoms with van der Waals surface area (Å²) >= 11 is 0. The summed E-state index contributed by atoms with van der Waals surface area (Å²) in [4.78, 5) is 37.8. The van der Waals surface area contributed by atoms with Gasteiger partial charge in [-0.15, -0.1) is 0 Å². The van der Waals surface area contributed by atoms with Gasteiger partial charge in [0.15, 0.2) is 11.5 Å². The van der Waals surface area contributed by atoms with Gasteiger partial charge in [0.1, 0.15) is 6.10 Å². The Bertz CT molecular complexity index is 985. The summed E-state index contributed by atoms with van der Waals surface area (Å²) in [7, 11) is 3.90. The molecule has 0 saturated carbocycles. The number of carbonyl (C=O) groups is 3. The highest BCUT2D eigenvalue weighted by atomic mass is 16.6. The van der Waals surface area contributed by atoms with Crippen LogP contribution >= 0.6 is 0 Å². The van der Waals surface area contributed by atoms with Crippen molar-refractivity contribution in [1.29, 1.82) is 0 Å². The topological polar surface area (TPSA) is 108 Å². The molecule has 0 fully saturated rings. The molecule has 0 saturated heterocycles. The maximum absolute atomic E-state index is 12.1. The highest BCUT2D eigenvalue weighted by Crippen LogP contribution is 2.43. The van der Waals surface area contributed by atoms with Gasteiger partial charge in [-0.2, -0.15) is 0 Å². The lowest BCUT2D eigenvalue weighted by Gasteiger charge is -2.24. The van der Waals surface area contributed by atoms with Crippen LogP contribution in [0.15, 0.2) is 54.6 Å². The molecule has 0 bridgehead atoms. The zero-order valence-corrected chi connectivity index (χ0v) is 16.7. The molecule has 0 spiro atoms. The van der Waals surface area contributed by atoms with Crippen LogP contribution in [-0.4, -0.2) is 43.4 Å². The molecule has 2 N–H and O–H groups in total. The third kappa shape index (κ3) is 5.03. The summed E-state index contributed by atoms with van der Waals surface area (Å²) in [5.41, 5.74) is 6.22. The fourth-order valence-electron chi connectivity index (χ4n) is 2.92. The van der Waals surface area contributed by atoms with E-state index >= 15 is 0 Å². The van der Waals surface area contributed by atoms with Gasteiger partial charge in [0.05, 0.1) is 5.56 Å². The van der Waals surface area contributed by atoms with Crippen molar-refractivity contribution in [3.8, 4) is 17.2 Å². The van der Waals surface area contributed by atoms with Crippen LogP contribution in [0.2, 0.25) is 0 Å². The lowest BCUT2D eigenvalue weighted by Crippen LogP contribution is -2.21. The van der Waals surface area contributed by atoms with E-state index in [0.29, 0.717) is 6.42 Å². The van der Waals surface area contributed by atoms with Crippen molar-refractivity contribution in [2.75, 3.05) is 20.6 Å². The van der Waals surface area contributed by atoms with Crippen LogP contribution < -0.4 is 19.9 Å². The first kappa shape index (κ1) is 21.1. The minimum absolute atomic E-state index is 0.0987. The van der Waals surface area contributed by atoms with Crippen LogP contribution in [0.1, 0.15) is 28.4 Å². The molecule has 30 heavy (non-hydrogen) atoms. The normalized spacial score (nSPS) is 15.3. The number of primary amides is 1. The second-order valence-corrected chi connectivity index (χ2v) is 6.92. The van der Waals surface area contributed by atoms with Crippen molar-refractivity contribution in [2.24, 2.45) is 5.73 Å². The Morgan fingerprint density at radius 2 is 1.63 bits per heavy atom. The van der Waals surface area contributed by atoms with E-state index in [1.54, 1.807) is 0 Å². The molecule has 0 aromatic heterocycles. The van der Waals surface area contributed by atoms with Gasteiger partial charge in [0.2, 0.25) is 5.75 Å². The minimum atomic E-state index is -0.835. The Kier molecular flexibility index (Phi) is 6.48. The van der Waals surface area contributed by atoms with E-state index in [9.17, 15) is 14.4 Å². The quantitative estimate of drug-likeness (QED) is 0.551. The molecule has 1 aliphatic rings. The van der Waals surface area contributed by atoms with Gasteiger partial charge in [-0.1, -0.05) is 30.3 Å². The van der Waals surface area contributed by atoms with Gasteiger partial charge < -0.3 is 24.8 Å². The van der Waals surface area contributed by atoms with Crippen LogP contribution in [-0.2, 0) is 9.59 Å². The second-order valence-electron chi connectivity index (χ2n) is 6.92. The van der Waals surface area contributed by atoms with Crippen LogP contribution in [0.3, 0.4) is 0 Å². The molecule has 8 heteroatoms. The number of rotatable bonds is 7. The van der Waals surface area contributed by atoms with Gasteiger partial charge in [-0.3, -0.25) is 4.79 Å². The van der Waals surface area contributed by atoms with Crippen LogP contribution in [0, 0.1) is 0 Å². The van der Waals surface area contributed by atoms with Crippen molar-refractivity contribution in [3.63, 3.8) is 0 Å². The smallest absolute Gasteiger partial charge is 0.336 e. The van der Waals surface area contributed by atoms with Gasteiger partial charge in [-0.05, 0) is 31.8 Å². The maximum Gasteiger partial charge on any atom is 0.336 e. The summed E-state index contributed by atoms with van der Waals surface area (Å²) in [5.74, 6) is -2.73. The molecule has 0 aliphatic carbocycles. The Hall–Kier alpha value is -3.65. The number of benzene rings is 2. The SMILES string of the molecule is CN(C)CCC(Oc1ccc(C(N)=O)c2c1OC(=O)/C=C\C(=O)O2)c1ccccc1. The van der Waals surface area contributed by atoms with E-state index in [4.69, 9.17) is 19.9 Å². The molecule has 2 aromatic carbocycles. The van der Waals surface area contributed by atoms with Crippen LogP contribution in [0.4, 0.5) is 0 Å².